The maximum Gasteiger partial charge on any atom is 0.155 e. The number of rotatable bonds is 4. The van der Waals surface area contributed by atoms with Crippen LogP contribution in [0.3, 0.4) is 0 Å². The van der Waals surface area contributed by atoms with E-state index in [1.807, 2.05) is 18.2 Å². The Labute approximate surface area is 151 Å². The molecular formula is C21H19N5. The van der Waals surface area contributed by atoms with Crippen molar-refractivity contribution in [3.63, 3.8) is 0 Å². The SMILES string of the molecule is Cc1cccc(Cn2c3ccccc3c3cc(C(N)=NN=N)ccc32)c1. The van der Waals surface area contributed by atoms with Crippen LogP contribution in [0, 0.1) is 12.5 Å². The van der Waals surface area contributed by atoms with Gasteiger partial charge in [0.05, 0.1) is 0 Å². The molecule has 0 saturated carbocycles. The van der Waals surface area contributed by atoms with Crippen molar-refractivity contribution in [1.82, 2.24) is 4.57 Å². The number of para-hydroxylation sites is 1. The fourth-order valence-corrected chi connectivity index (χ4v) is 3.49. The van der Waals surface area contributed by atoms with Gasteiger partial charge in [0.1, 0.15) is 0 Å². The van der Waals surface area contributed by atoms with Gasteiger partial charge < -0.3 is 10.3 Å². The average Bonchev–Trinajstić information content (AvgIpc) is 2.96. The van der Waals surface area contributed by atoms with Crippen molar-refractivity contribution in [1.29, 1.82) is 5.53 Å². The van der Waals surface area contributed by atoms with E-state index in [1.54, 1.807) is 0 Å². The van der Waals surface area contributed by atoms with Gasteiger partial charge in [0.2, 0.25) is 0 Å². The molecule has 3 N–H and O–H groups in total. The lowest BCUT2D eigenvalue weighted by Gasteiger charge is -2.09. The van der Waals surface area contributed by atoms with Crippen LogP contribution in [0.25, 0.3) is 21.8 Å². The van der Waals surface area contributed by atoms with Gasteiger partial charge in [0.15, 0.2) is 5.84 Å². The standard InChI is InChI=1S/C21H19N5/c1-14-5-4-6-15(11-14)13-26-19-8-3-2-7-17(19)18-12-16(9-10-20(18)26)21(22)24-25-23/h2-12H,13H2,1H3,(H3,22,23,24). The van der Waals surface area contributed by atoms with E-state index >= 15 is 0 Å². The Morgan fingerprint density at radius 3 is 2.58 bits per heavy atom. The second-order valence-electron chi connectivity index (χ2n) is 6.41. The summed E-state index contributed by atoms with van der Waals surface area (Å²) < 4.78 is 2.32. The molecule has 0 amide bonds. The number of nitrogens with zero attached hydrogens (tertiary/aromatic N) is 3. The van der Waals surface area contributed by atoms with E-state index in [-0.39, 0.29) is 5.84 Å². The second-order valence-corrected chi connectivity index (χ2v) is 6.41. The summed E-state index contributed by atoms with van der Waals surface area (Å²) in [6.45, 7) is 2.91. The number of hydrogen-bond donors (Lipinski definition) is 2. The minimum absolute atomic E-state index is 0.248. The maximum absolute atomic E-state index is 6.88. The summed E-state index contributed by atoms with van der Waals surface area (Å²) in [5.41, 5.74) is 18.4. The highest BCUT2D eigenvalue weighted by molar-refractivity contribution is 6.11. The molecule has 0 bridgehead atoms. The van der Waals surface area contributed by atoms with Gasteiger partial charge in [-0.05, 0) is 36.8 Å². The first kappa shape index (κ1) is 16.0. The van der Waals surface area contributed by atoms with Gasteiger partial charge in [-0.25, -0.2) is 0 Å². The highest BCUT2D eigenvalue weighted by atomic mass is 15.3. The summed E-state index contributed by atoms with van der Waals surface area (Å²) in [5.74, 6) is 0.248. The Balaban J connectivity index is 1.94. The molecule has 0 unspecified atom stereocenters. The summed E-state index contributed by atoms with van der Waals surface area (Å²) in [6.07, 6.45) is 0. The minimum Gasteiger partial charge on any atom is -0.382 e. The van der Waals surface area contributed by atoms with Gasteiger partial charge in [0.25, 0.3) is 0 Å². The third-order valence-electron chi connectivity index (χ3n) is 4.65. The van der Waals surface area contributed by atoms with Crippen molar-refractivity contribution < 1.29 is 0 Å². The van der Waals surface area contributed by atoms with Gasteiger partial charge in [-0.15, -0.1) is 5.10 Å². The molecule has 3 aromatic carbocycles. The van der Waals surface area contributed by atoms with Crippen molar-refractivity contribution in [3.05, 3.63) is 83.4 Å². The van der Waals surface area contributed by atoms with Gasteiger partial charge in [-0.1, -0.05) is 53.3 Å². The molecule has 5 heteroatoms. The van der Waals surface area contributed by atoms with Gasteiger partial charge in [-0.2, -0.15) is 5.53 Å². The van der Waals surface area contributed by atoms with Crippen LogP contribution >= 0.6 is 0 Å². The maximum atomic E-state index is 6.88. The van der Waals surface area contributed by atoms with E-state index in [2.05, 4.69) is 70.3 Å². The van der Waals surface area contributed by atoms with E-state index in [0.717, 1.165) is 23.0 Å². The van der Waals surface area contributed by atoms with Gasteiger partial charge in [-0.3, -0.25) is 0 Å². The summed E-state index contributed by atoms with van der Waals surface area (Å²) in [4.78, 5) is 0. The quantitative estimate of drug-likeness (QED) is 0.238. The summed E-state index contributed by atoms with van der Waals surface area (Å²) >= 11 is 0. The van der Waals surface area contributed by atoms with Crippen LogP contribution in [0.1, 0.15) is 16.7 Å². The molecule has 0 spiro atoms. The normalized spacial score (nSPS) is 12.0. The van der Waals surface area contributed by atoms with Crippen molar-refractivity contribution in [2.75, 3.05) is 0 Å². The Morgan fingerprint density at radius 2 is 1.77 bits per heavy atom. The minimum atomic E-state index is 0.248. The zero-order valence-corrected chi connectivity index (χ0v) is 14.5. The summed E-state index contributed by atoms with van der Waals surface area (Å²) in [5, 5.41) is 8.97. The van der Waals surface area contributed by atoms with E-state index in [0.29, 0.717) is 0 Å². The van der Waals surface area contributed by atoms with Gasteiger partial charge in [0, 0.05) is 33.9 Å². The molecule has 0 fully saturated rings. The number of fused-ring (bicyclic) bond motifs is 3. The van der Waals surface area contributed by atoms with Crippen LogP contribution in [-0.4, -0.2) is 10.4 Å². The topological polar surface area (TPSA) is 79.5 Å². The molecule has 0 aliphatic carbocycles. The molecule has 4 aromatic rings. The zero-order valence-electron chi connectivity index (χ0n) is 14.5. The van der Waals surface area contributed by atoms with Gasteiger partial charge >= 0.3 is 0 Å². The number of aryl methyl sites for hydroxylation is 1. The van der Waals surface area contributed by atoms with Crippen molar-refractivity contribution >= 4 is 27.6 Å². The Hall–Kier alpha value is -3.47. The van der Waals surface area contributed by atoms with Crippen LogP contribution in [0.5, 0.6) is 0 Å². The lowest BCUT2D eigenvalue weighted by molar-refractivity contribution is 0.867. The van der Waals surface area contributed by atoms with Crippen molar-refractivity contribution in [2.45, 2.75) is 13.5 Å². The Bertz CT molecular complexity index is 1150. The van der Waals surface area contributed by atoms with E-state index in [1.165, 1.54) is 22.0 Å². The first-order valence-electron chi connectivity index (χ1n) is 8.44. The molecule has 0 saturated heterocycles. The molecule has 4 rings (SSSR count). The van der Waals surface area contributed by atoms with Crippen LogP contribution in [0.2, 0.25) is 0 Å². The molecule has 1 aromatic heterocycles. The largest absolute Gasteiger partial charge is 0.382 e. The zero-order chi connectivity index (χ0) is 18.1. The third kappa shape index (κ3) is 2.73. The summed E-state index contributed by atoms with van der Waals surface area (Å²) in [7, 11) is 0. The first-order chi connectivity index (χ1) is 12.7. The number of benzene rings is 3. The molecule has 5 nitrogen and oxygen atoms in total. The summed E-state index contributed by atoms with van der Waals surface area (Å²) in [6, 6.07) is 23.0. The Kier molecular flexibility index (Phi) is 3.97. The second kappa shape index (κ2) is 6.44. The predicted molar refractivity (Wildman–Crippen MR) is 106 cm³/mol. The van der Waals surface area contributed by atoms with Crippen LogP contribution in [0.15, 0.2) is 77.1 Å². The molecule has 26 heavy (non-hydrogen) atoms. The van der Waals surface area contributed by atoms with Crippen LogP contribution < -0.4 is 5.73 Å². The molecule has 128 valence electrons. The van der Waals surface area contributed by atoms with Crippen LogP contribution in [-0.2, 0) is 6.54 Å². The van der Waals surface area contributed by atoms with E-state index < -0.39 is 0 Å². The fourth-order valence-electron chi connectivity index (χ4n) is 3.49. The predicted octanol–water partition coefficient (Wildman–Crippen LogP) is 4.80. The highest BCUT2D eigenvalue weighted by Gasteiger charge is 2.12. The van der Waals surface area contributed by atoms with E-state index in [9.17, 15) is 0 Å². The molecule has 1 heterocycles. The number of nitrogens with two attached hydrogens (primary N) is 1. The molecule has 0 aliphatic heterocycles. The monoisotopic (exact) mass is 341 g/mol. The highest BCUT2D eigenvalue weighted by Crippen LogP contribution is 2.30. The number of nitrogens with one attached hydrogen (secondary N) is 1. The lowest BCUT2D eigenvalue weighted by Crippen LogP contribution is -2.12. The first-order valence-corrected chi connectivity index (χ1v) is 8.44. The Morgan fingerprint density at radius 1 is 0.962 bits per heavy atom. The fraction of sp³-hybridized carbons (Fsp3) is 0.0952. The molecule has 0 radical (unpaired) electrons. The van der Waals surface area contributed by atoms with Crippen molar-refractivity contribution in [3.8, 4) is 0 Å². The average molecular weight is 341 g/mol. The molecule has 0 atom stereocenters. The smallest absolute Gasteiger partial charge is 0.155 e. The number of hydrogen-bond acceptors (Lipinski definition) is 2. The lowest BCUT2D eigenvalue weighted by atomic mass is 10.1. The van der Waals surface area contributed by atoms with Crippen molar-refractivity contribution in [2.24, 2.45) is 16.1 Å². The number of aromatic nitrogens is 1. The van der Waals surface area contributed by atoms with Crippen LogP contribution in [0.4, 0.5) is 0 Å². The molecular weight excluding hydrogens is 322 g/mol. The number of amidine groups is 1. The molecule has 0 aliphatic rings. The van der Waals surface area contributed by atoms with E-state index in [4.69, 9.17) is 11.3 Å². The third-order valence-corrected chi connectivity index (χ3v) is 4.65.